The first kappa shape index (κ1) is 43.9. The first-order valence-electron chi connectivity index (χ1n) is 21.1. The number of nitrogens with zero attached hydrogens (tertiary/aromatic N) is 4. The summed E-state index contributed by atoms with van der Waals surface area (Å²) in [7, 11) is -2.63. The lowest BCUT2D eigenvalue weighted by Gasteiger charge is -2.35. The number of likely N-dealkylation sites (tertiary alicyclic amines) is 1. The summed E-state index contributed by atoms with van der Waals surface area (Å²) in [6, 6.07) is 13.8. The molecule has 1 aliphatic heterocycles. The molecule has 4 heterocycles. The van der Waals surface area contributed by atoms with Gasteiger partial charge >= 0.3 is 5.97 Å². The molecule has 1 saturated heterocycles. The molecule has 0 spiro atoms. The maximum atomic E-state index is 15.0. The molecule has 8 rings (SSSR count). The van der Waals surface area contributed by atoms with Gasteiger partial charge in [0, 0.05) is 41.5 Å². The Hall–Kier alpha value is -5.68. The minimum atomic E-state index is -3.90. The minimum Gasteiger partial charge on any atom is -0.491 e. The number of Topliss-reactive ketones (excluding diaryl/α,β-unsaturated/α-hetero) is 1. The molecule has 2 aromatic carbocycles. The molecule has 63 heavy (non-hydrogen) atoms. The van der Waals surface area contributed by atoms with Gasteiger partial charge in [0.15, 0.2) is 17.3 Å². The molecule has 0 unspecified atom stereocenters. The number of ether oxygens (including phenoxy) is 3. The Morgan fingerprint density at radius 3 is 2.44 bits per heavy atom. The molecule has 3 aliphatic rings. The molecule has 3 fully saturated rings. The lowest BCUT2D eigenvalue weighted by molar-refractivity contribution is -0.144. The van der Waals surface area contributed by atoms with Crippen molar-refractivity contribution < 1.29 is 46.2 Å². The normalized spacial score (nSPS) is 21.6. The summed E-state index contributed by atoms with van der Waals surface area (Å²) in [6.07, 6.45) is 1.86. The SMILES string of the molecule is C=C[C@@H]1C[C@]1(CC(=O)[C@@H]1C[C@@H](Oc2nc(-c3ccc(OC(C)C)cc3)nc3c2oc2ccccc23)CN1C(=O)[C@@H](Cc1nc(C(=O)OC)cs1)C(C)(C)C)C(=O)NS(=O)(=O)C1CC1. The average molecular weight is 898 g/mol. The number of rotatable bonds is 16. The van der Waals surface area contributed by atoms with Gasteiger partial charge in [-0.25, -0.2) is 23.2 Å². The Balaban J connectivity index is 1.14. The Labute approximate surface area is 369 Å². The largest absolute Gasteiger partial charge is 0.491 e. The third-order valence-electron chi connectivity index (χ3n) is 12.1. The summed E-state index contributed by atoms with van der Waals surface area (Å²) in [6.45, 7) is 13.5. The van der Waals surface area contributed by atoms with Gasteiger partial charge in [-0.05, 0) is 80.8 Å². The van der Waals surface area contributed by atoms with Crippen molar-refractivity contribution in [3.8, 4) is 23.0 Å². The molecule has 2 saturated carbocycles. The monoisotopic (exact) mass is 897 g/mol. The average Bonchev–Trinajstić information content (AvgIpc) is 4.07. The van der Waals surface area contributed by atoms with Crippen LogP contribution in [0.4, 0.5) is 0 Å². The van der Waals surface area contributed by atoms with Crippen LogP contribution in [0.3, 0.4) is 0 Å². The van der Waals surface area contributed by atoms with Crippen molar-refractivity contribution in [1.29, 1.82) is 0 Å². The second-order valence-corrected chi connectivity index (χ2v) is 21.0. The summed E-state index contributed by atoms with van der Waals surface area (Å²) in [5.41, 5.74) is 0.243. The fraction of sp³-hybridized carbons (Fsp3) is 0.457. The van der Waals surface area contributed by atoms with E-state index in [4.69, 9.17) is 28.6 Å². The van der Waals surface area contributed by atoms with E-state index in [-0.39, 0.29) is 55.8 Å². The topological polar surface area (TPSA) is 197 Å². The number of carbonyl (C=O) groups is 4. The van der Waals surface area contributed by atoms with Gasteiger partial charge < -0.3 is 23.5 Å². The van der Waals surface area contributed by atoms with E-state index in [1.807, 2.05) is 83.1 Å². The highest BCUT2D eigenvalue weighted by atomic mass is 32.2. The van der Waals surface area contributed by atoms with Gasteiger partial charge in [0.05, 0.1) is 41.5 Å². The van der Waals surface area contributed by atoms with E-state index in [1.54, 1.807) is 11.5 Å². The van der Waals surface area contributed by atoms with E-state index in [0.717, 1.165) is 5.39 Å². The van der Waals surface area contributed by atoms with Gasteiger partial charge in [0.25, 0.3) is 5.88 Å². The Bertz CT molecular complexity index is 2720. The Kier molecular flexibility index (Phi) is 11.7. The van der Waals surface area contributed by atoms with Crippen LogP contribution in [0, 0.1) is 22.7 Å². The number of aromatic nitrogens is 3. The van der Waals surface area contributed by atoms with Crippen LogP contribution in [0.1, 0.15) is 82.2 Å². The number of thiazole rings is 1. The van der Waals surface area contributed by atoms with Crippen molar-refractivity contribution in [3.05, 3.63) is 77.3 Å². The number of fused-ring (bicyclic) bond motifs is 3. The Morgan fingerprint density at radius 1 is 1.06 bits per heavy atom. The number of hydrogen-bond acceptors (Lipinski definition) is 14. The smallest absolute Gasteiger partial charge is 0.357 e. The van der Waals surface area contributed by atoms with Crippen molar-refractivity contribution in [2.75, 3.05) is 13.7 Å². The number of allylic oxidation sites excluding steroid dienone is 1. The molecule has 2 aliphatic carbocycles. The van der Waals surface area contributed by atoms with E-state index in [0.29, 0.717) is 51.7 Å². The number of nitrogens with one attached hydrogen (secondary N) is 1. The van der Waals surface area contributed by atoms with Crippen molar-refractivity contribution in [3.63, 3.8) is 0 Å². The van der Waals surface area contributed by atoms with Crippen molar-refractivity contribution >= 4 is 67.0 Å². The van der Waals surface area contributed by atoms with E-state index in [1.165, 1.54) is 23.3 Å². The fourth-order valence-corrected chi connectivity index (χ4v) is 10.6. The summed E-state index contributed by atoms with van der Waals surface area (Å²) in [5, 5.41) is 2.24. The molecule has 1 N–H and O–H groups in total. The molecular weight excluding hydrogens is 847 g/mol. The van der Waals surface area contributed by atoms with E-state index >= 15 is 4.79 Å². The van der Waals surface area contributed by atoms with E-state index < -0.39 is 67.7 Å². The number of benzene rings is 2. The van der Waals surface area contributed by atoms with Crippen molar-refractivity contribution in [1.82, 2.24) is 24.6 Å². The van der Waals surface area contributed by atoms with Crippen molar-refractivity contribution in [2.45, 2.75) is 96.6 Å². The van der Waals surface area contributed by atoms with Crippen LogP contribution in [-0.4, -0.2) is 89.0 Å². The van der Waals surface area contributed by atoms with Gasteiger partial charge in [-0.3, -0.25) is 19.1 Å². The first-order valence-corrected chi connectivity index (χ1v) is 23.5. The molecule has 332 valence electrons. The highest BCUT2D eigenvalue weighted by Crippen LogP contribution is 2.57. The van der Waals surface area contributed by atoms with Crippen LogP contribution < -0.4 is 14.2 Å². The zero-order valence-corrected chi connectivity index (χ0v) is 37.7. The number of amides is 2. The minimum absolute atomic E-state index is 0.0152. The van der Waals surface area contributed by atoms with Crippen molar-refractivity contribution in [2.24, 2.45) is 22.7 Å². The predicted octanol–water partition coefficient (Wildman–Crippen LogP) is 7.09. The molecular formula is C46H51N5O10S2. The molecule has 5 aromatic rings. The number of sulfonamides is 1. The van der Waals surface area contributed by atoms with Gasteiger partial charge in [0.1, 0.15) is 23.0 Å². The molecule has 0 radical (unpaired) electrons. The van der Waals surface area contributed by atoms with Gasteiger partial charge in [-0.1, -0.05) is 39.0 Å². The Morgan fingerprint density at radius 2 is 1.79 bits per heavy atom. The fourth-order valence-electron chi connectivity index (χ4n) is 8.37. The highest BCUT2D eigenvalue weighted by Gasteiger charge is 2.61. The van der Waals surface area contributed by atoms with E-state index in [2.05, 4.69) is 16.3 Å². The highest BCUT2D eigenvalue weighted by molar-refractivity contribution is 7.90. The zero-order chi connectivity index (χ0) is 45.0. The lowest BCUT2D eigenvalue weighted by atomic mass is 9.77. The lowest BCUT2D eigenvalue weighted by Crippen LogP contribution is -2.48. The maximum Gasteiger partial charge on any atom is 0.357 e. The van der Waals surface area contributed by atoms with Gasteiger partial charge in [0.2, 0.25) is 27.4 Å². The molecule has 15 nitrogen and oxygen atoms in total. The number of methoxy groups -OCH3 is 1. The van der Waals surface area contributed by atoms with Crippen LogP contribution in [0.2, 0.25) is 0 Å². The van der Waals surface area contributed by atoms with Crippen LogP contribution >= 0.6 is 11.3 Å². The molecule has 3 aromatic heterocycles. The third kappa shape index (κ3) is 8.94. The van der Waals surface area contributed by atoms with Crippen LogP contribution in [0.15, 0.2) is 71.0 Å². The quantitative estimate of drug-likeness (QED) is 0.0779. The van der Waals surface area contributed by atoms with E-state index in [9.17, 15) is 22.8 Å². The van der Waals surface area contributed by atoms with Gasteiger partial charge in [-0.15, -0.1) is 17.9 Å². The number of ketones is 1. The predicted molar refractivity (Wildman–Crippen MR) is 236 cm³/mol. The number of carbonyl (C=O) groups excluding carboxylic acids is 4. The van der Waals surface area contributed by atoms with Crippen LogP contribution in [0.5, 0.6) is 11.6 Å². The molecule has 17 heteroatoms. The zero-order valence-electron chi connectivity index (χ0n) is 36.1. The number of furan rings is 1. The third-order valence-corrected chi connectivity index (χ3v) is 14.8. The number of para-hydroxylation sites is 1. The summed E-state index contributed by atoms with van der Waals surface area (Å²) in [5.74, 6) is -2.04. The summed E-state index contributed by atoms with van der Waals surface area (Å²) >= 11 is 1.24. The molecule has 0 bridgehead atoms. The summed E-state index contributed by atoms with van der Waals surface area (Å²) < 4.78 is 51.8. The molecule has 5 atom stereocenters. The number of hydrogen-bond donors (Lipinski definition) is 1. The van der Waals surface area contributed by atoms with Gasteiger partial charge in [-0.2, -0.15) is 4.98 Å². The van der Waals surface area contributed by atoms with Crippen LogP contribution in [-0.2, 0) is 35.6 Å². The molecule has 2 amide bonds. The number of esters is 1. The maximum absolute atomic E-state index is 15.0. The standard InChI is InChI=1S/C46H51N5O10S2/c1-8-27-21-46(27,44(55)50-63(56,57)30-17-18-30)22-35(52)34-19-29(23-51(34)42(53)32(45(4,5)6)20-37-47-33(24-62-37)43(54)58-7)60-41-39-38(31-11-9-10-12-36(31)61-39)48-40(49-41)26-13-15-28(16-14-26)59-25(2)3/h8-16,24-25,27,29-30,32,34H,1,17-23H2,2-7H3,(H,50,55)/t27-,29-,32-,34+,46-/m1/s1. The second-order valence-electron chi connectivity index (χ2n) is 18.1. The van der Waals surface area contributed by atoms with Crippen LogP contribution in [0.25, 0.3) is 33.5 Å². The first-order chi connectivity index (χ1) is 29.9. The summed E-state index contributed by atoms with van der Waals surface area (Å²) in [4.78, 5) is 71.6. The second kappa shape index (κ2) is 16.8.